The molecule has 6 heteroatoms. The summed E-state index contributed by atoms with van der Waals surface area (Å²) < 4.78 is 21.1. The standard InChI is InChI=1S/C19H22FN3O2/c1-25-17-6-5-14(20)10-15(17)13-4-7-18-21-16(12-23(18)11-13)19(24)22-8-2-3-9-22/h5-6,10,12-13H,2-4,7-9,11H2,1H3. The first kappa shape index (κ1) is 16.1. The summed E-state index contributed by atoms with van der Waals surface area (Å²) in [4.78, 5) is 19.0. The minimum absolute atomic E-state index is 0.0271. The number of nitrogens with zero attached hydrogens (tertiary/aromatic N) is 3. The number of carbonyl (C=O) groups excluding carboxylic acids is 1. The van der Waals surface area contributed by atoms with E-state index in [1.807, 2.05) is 15.7 Å². The van der Waals surface area contributed by atoms with Crippen LogP contribution in [0.4, 0.5) is 4.39 Å². The zero-order valence-electron chi connectivity index (χ0n) is 14.4. The Hall–Kier alpha value is -2.37. The Bertz CT molecular complexity index is 796. The van der Waals surface area contributed by atoms with Crippen LogP contribution in [0, 0.1) is 5.82 Å². The Balaban J connectivity index is 1.57. The van der Waals surface area contributed by atoms with E-state index >= 15 is 0 Å². The van der Waals surface area contributed by atoms with E-state index < -0.39 is 0 Å². The van der Waals surface area contributed by atoms with Gasteiger partial charge in [-0.05, 0) is 37.5 Å². The lowest BCUT2D eigenvalue weighted by Gasteiger charge is -2.25. The third-order valence-electron chi connectivity index (χ3n) is 5.24. The monoisotopic (exact) mass is 343 g/mol. The third kappa shape index (κ3) is 3.01. The lowest BCUT2D eigenvalue weighted by molar-refractivity contribution is 0.0787. The molecular weight excluding hydrogens is 321 g/mol. The van der Waals surface area contributed by atoms with Gasteiger partial charge in [0.1, 0.15) is 23.1 Å². The van der Waals surface area contributed by atoms with E-state index in [2.05, 4.69) is 4.98 Å². The fourth-order valence-corrected chi connectivity index (χ4v) is 3.91. The lowest BCUT2D eigenvalue weighted by atomic mass is 9.91. The Morgan fingerprint density at radius 3 is 2.88 bits per heavy atom. The Labute approximate surface area is 146 Å². The van der Waals surface area contributed by atoms with Crippen LogP contribution in [0.2, 0.25) is 0 Å². The van der Waals surface area contributed by atoms with Gasteiger partial charge in [0, 0.05) is 43.7 Å². The molecule has 0 aliphatic carbocycles. The van der Waals surface area contributed by atoms with Crippen molar-refractivity contribution in [3.63, 3.8) is 0 Å². The molecule has 1 unspecified atom stereocenters. The summed E-state index contributed by atoms with van der Waals surface area (Å²) in [7, 11) is 1.61. The molecule has 25 heavy (non-hydrogen) atoms. The number of aryl methyl sites for hydroxylation is 1. The summed E-state index contributed by atoms with van der Waals surface area (Å²) >= 11 is 0. The van der Waals surface area contributed by atoms with E-state index in [0.29, 0.717) is 18.0 Å². The van der Waals surface area contributed by atoms with Crippen LogP contribution in [0.25, 0.3) is 0 Å². The molecule has 5 nitrogen and oxygen atoms in total. The number of imidazole rings is 1. The number of halogens is 1. The quantitative estimate of drug-likeness (QED) is 0.861. The molecule has 2 aliphatic rings. The molecule has 2 aromatic rings. The number of fused-ring (bicyclic) bond motifs is 1. The van der Waals surface area contributed by atoms with Gasteiger partial charge in [0.25, 0.3) is 5.91 Å². The van der Waals surface area contributed by atoms with Gasteiger partial charge in [0.2, 0.25) is 0 Å². The fourth-order valence-electron chi connectivity index (χ4n) is 3.91. The topological polar surface area (TPSA) is 47.4 Å². The first-order chi connectivity index (χ1) is 12.2. The molecule has 1 atom stereocenters. The molecule has 2 aliphatic heterocycles. The normalized spacial score (nSPS) is 19.8. The molecule has 0 radical (unpaired) electrons. The number of hydrogen-bond donors (Lipinski definition) is 0. The molecule has 1 aromatic carbocycles. The van der Waals surface area contributed by atoms with Crippen LogP contribution in [0.3, 0.4) is 0 Å². The number of likely N-dealkylation sites (tertiary alicyclic amines) is 1. The molecule has 1 amide bonds. The zero-order chi connectivity index (χ0) is 17.4. The van der Waals surface area contributed by atoms with Gasteiger partial charge in [0.05, 0.1) is 7.11 Å². The second-order valence-electron chi connectivity index (χ2n) is 6.82. The van der Waals surface area contributed by atoms with Gasteiger partial charge >= 0.3 is 0 Å². The number of rotatable bonds is 3. The molecule has 1 aromatic heterocycles. The Kier molecular flexibility index (Phi) is 4.19. The van der Waals surface area contributed by atoms with Crippen molar-refractivity contribution < 1.29 is 13.9 Å². The van der Waals surface area contributed by atoms with Crippen LogP contribution in [-0.2, 0) is 13.0 Å². The Morgan fingerprint density at radius 2 is 2.12 bits per heavy atom. The molecule has 1 fully saturated rings. The molecule has 1 saturated heterocycles. The van der Waals surface area contributed by atoms with Gasteiger partial charge in [0.15, 0.2) is 0 Å². The minimum Gasteiger partial charge on any atom is -0.496 e. The largest absolute Gasteiger partial charge is 0.496 e. The highest BCUT2D eigenvalue weighted by atomic mass is 19.1. The van der Waals surface area contributed by atoms with Crippen LogP contribution >= 0.6 is 0 Å². The number of carbonyl (C=O) groups is 1. The highest BCUT2D eigenvalue weighted by molar-refractivity contribution is 5.92. The van der Waals surface area contributed by atoms with Crippen molar-refractivity contribution in [2.45, 2.75) is 38.1 Å². The average molecular weight is 343 g/mol. The molecule has 132 valence electrons. The summed E-state index contributed by atoms with van der Waals surface area (Å²) in [5.74, 6) is 1.58. The van der Waals surface area contributed by atoms with E-state index in [-0.39, 0.29) is 17.6 Å². The van der Waals surface area contributed by atoms with Crippen molar-refractivity contribution in [1.82, 2.24) is 14.5 Å². The van der Waals surface area contributed by atoms with Crippen LogP contribution in [0.15, 0.2) is 24.4 Å². The molecule has 0 spiro atoms. The minimum atomic E-state index is -0.253. The van der Waals surface area contributed by atoms with Crippen molar-refractivity contribution in [1.29, 1.82) is 0 Å². The van der Waals surface area contributed by atoms with Crippen molar-refractivity contribution in [2.75, 3.05) is 20.2 Å². The maximum absolute atomic E-state index is 13.7. The maximum Gasteiger partial charge on any atom is 0.274 e. The zero-order valence-corrected chi connectivity index (χ0v) is 14.4. The van der Waals surface area contributed by atoms with Crippen molar-refractivity contribution >= 4 is 5.91 Å². The summed E-state index contributed by atoms with van der Waals surface area (Å²) in [5, 5.41) is 0. The van der Waals surface area contributed by atoms with E-state index in [0.717, 1.165) is 50.2 Å². The smallest absolute Gasteiger partial charge is 0.274 e. The predicted molar refractivity (Wildman–Crippen MR) is 91.4 cm³/mol. The van der Waals surface area contributed by atoms with E-state index in [9.17, 15) is 9.18 Å². The Morgan fingerprint density at radius 1 is 1.32 bits per heavy atom. The van der Waals surface area contributed by atoms with Crippen molar-refractivity contribution in [3.05, 3.63) is 47.3 Å². The van der Waals surface area contributed by atoms with Crippen LogP contribution < -0.4 is 4.74 Å². The molecule has 0 saturated carbocycles. The van der Waals surface area contributed by atoms with E-state index in [1.54, 1.807) is 19.2 Å². The number of benzene rings is 1. The van der Waals surface area contributed by atoms with Crippen molar-refractivity contribution in [3.8, 4) is 5.75 Å². The van der Waals surface area contributed by atoms with Gasteiger partial charge in [-0.2, -0.15) is 0 Å². The summed E-state index contributed by atoms with van der Waals surface area (Å²) in [6, 6.07) is 4.65. The van der Waals surface area contributed by atoms with E-state index in [4.69, 9.17) is 4.74 Å². The van der Waals surface area contributed by atoms with Gasteiger partial charge in [-0.15, -0.1) is 0 Å². The van der Waals surface area contributed by atoms with Crippen LogP contribution in [-0.4, -0.2) is 40.6 Å². The van der Waals surface area contributed by atoms with Gasteiger partial charge in [-0.3, -0.25) is 4.79 Å². The van der Waals surface area contributed by atoms with Gasteiger partial charge in [-0.25, -0.2) is 9.37 Å². The number of methoxy groups -OCH3 is 1. The predicted octanol–water partition coefficient (Wildman–Crippen LogP) is 3.00. The summed E-state index contributed by atoms with van der Waals surface area (Å²) in [6.45, 7) is 2.34. The highest BCUT2D eigenvalue weighted by Crippen LogP contribution is 2.35. The maximum atomic E-state index is 13.7. The molecular formula is C19H22FN3O2. The van der Waals surface area contributed by atoms with Crippen molar-refractivity contribution in [2.24, 2.45) is 0 Å². The number of amides is 1. The number of aromatic nitrogens is 2. The number of ether oxygens (including phenoxy) is 1. The molecule has 0 bridgehead atoms. The summed E-state index contributed by atoms with van der Waals surface area (Å²) in [5.41, 5.74) is 1.41. The van der Waals surface area contributed by atoms with Gasteiger partial charge < -0.3 is 14.2 Å². The SMILES string of the molecule is COc1ccc(F)cc1C1CCc2nc(C(=O)N3CCCC3)cn2C1. The summed E-state index contributed by atoms with van der Waals surface area (Å²) in [6.07, 6.45) is 5.64. The number of hydrogen-bond acceptors (Lipinski definition) is 3. The second-order valence-corrected chi connectivity index (χ2v) is 6.82. The molecule has 0 N–H and O–H groups in total. The van der Waals surface area contributed by atoms with Crippen LogP contribution in [0.1, 0.15) is 47.1 Å². The fraction of sp³-hybridized carbons (Fsp3) is 0.474. The average Bonchev–Trinajstić information content (AvgIpc) is 3.30. The molecule has 3 heterocycles. The first-order valence-electron chi connectivity index (χ1n) is 8.84. The highest BCUT2D eigenvalue weighted by Gasteiger charge is 2.27. The molecule has 4 rings (SSSR count). The first-order valence-corrected chi connectivity index (χ1v) is 8.84. The van der Waals surface area contributed by atoms with Crippen LogP contribution in [0.5, 0.6) is 5.75 Å². The third-order valence-corrected chi connectivity index (χ3v) is 5.24. The van der Waals surface area contributed by atoms with Gasteiger partial charge in [-0.1, -0.05) is 0 Å². The second kappa shape index (κ2) is 6.50. The lowest BCUT2D eigenvalue weighted by Crippen LogP contribution is -2.27. The van der Waals surface area contributed by atoms with E-state index in [1.165, 1.54) is 6.07 Å².